The van der Waals surface area contributed by atoms with E-state index in [0.29, 0.717) is 0 Å². The Morgan fingerprint density at radius 3 is 2.26 bits per heavy atom. The van der Waals surface area contributed by atoms with Crippen LogP contribution < -0.4 is 4.90 Å². The zero-order chi connectivity index (χ0) is 27.6. The molecule has 4 aromatic carbocycles. The zero-order valence-corrected chi connectivity index (χ0v) is 25.4. The molecule has 204 valence electrons. The van der Waals surface area contributed by atoms with E-state index in [-0.39, 0.29) is 26.5 Å². The first-order chi connectivity index (χ1) is 20.1. The quantitative estimate of drug-likeness (QED) is 0.171. The largest absolute Gasteiger partial charge is 2.00 e. The maximum Gasteiger partial charge on any atom is 2.00 e. The molecule has 5 heteroatoms. The number of benzene rings is 4. The van der Waals surface area contributed by atoms with E-state index >= 15 is 0 Å². The number of aromatic nitrogens is 3. The molecular formula is C37H26N4Pt. The fourth-order valence-electron chi connectivity index (χ4n) is 6.29. The van der Waals surface area contributed by atoms with Crippen LogP contribution in [0.25, 0.3) is 38.8 Å². The maximum absolute atomic E-state index is 4.76. The Balaban J connectivity index is 0.00000288. The molecule has 4 nitrogen and oxygen atoms in total. The van der Waals surface area contributed by atoms with E-state index in [2.05, 4.69) is 126 Å². The van der Waals surface area contributed by atoms with Crippen LogP contribution in [0.5, 0.6) is 0 Å². The molecule has 0 saturated heterocycles. The number of hydrogen-bond donors (Lipinski definition) is 0. The second-order valence-electron chi connectivity index (χ2n) is 11.0. The van der Waals surface area contributed by atoms with Gasteiger partial charge in [0.25, 0.3) is 0 Å². The SMILES string of the molecule is CC1(C)c2ccc(-c3[c-]c(-n4c5ccccc5c5cccnc54)ccc3)[c-]c2N(c2ccccn2)c2ccccc21.[Pt+2]. The fourth-order valence-corrected chi connectivity index (χ4v) is 6.29. The third-order valence-electron chi connectivity index (χ3n) is 8.26. The number of fused-ring (bicyclic) bond motifs is 5. The van der Waals surface area contributed by atoms with Crippen LogP contribution in [0.15, 0.2) is 122 Å². The second-order valence-corrected chi connectivity index (χ2v) is 11.0. The molecule has 0 spiro atoms. The van der Waals surface area contributed by atoms with Gasteiger partial charge in [-0.2, -0.15) is 30.3 Å². The summed E-state index contributed by atoms with van der Waals surface area (Å²) < 4.78 is 2.20. The number of para-hydroxylation sites is 2. The minimum Gasteiger partial charge on any atom is -0.313 e. The average Bonchev–Trinajstić information content (AvgIpc) is 3.36. The molecule has 0 bridgehead atoms. The van der Waals surface area contributed by atoms with Crippen molar-refractivity contribution in [3.05, 3.63) is 145 Å². The Morgan fingerprint density at radius 1 is 0.619 bits per heavy atom. The van der Waals surface area contributed by atoms with Gasteiger partial charge in [-0.25, -0.2) is 21.1 Å². The van der Waals surface area contributed by atoms with Gasteiger partial charge in [-0.1, -0.05) is 61.9 Å². The van der Waals surface area contributed by atoms with Gasteiger partial charge in [0.05, 0.1) is 5.52 Å². The predicted molar refractivity (Wildman–Crippen MR) is 166 cm³/mol. The summed E-state index contributed by atoms with van der Waals surface area (Å²) in [7, 11) is 0. The van der Waals surface area contributed by atoms with Gasteiger partial charge < -0.3 is 9.47 Å². The average molecular weight is 722 g/mol. The van der Waals surface area contributed by atoms with E-state index in [1.54, 1.807) is 0 Å². The Bertz CT molecular complexity index is 2040. The third-order valence-corrected chi connectivity index (χ3v) is 8.26. The van der Waals surface area contributed by atoms with E-state index < -0.39 is 0 Å². The monoisotopic (exact) mass is 721 g/mol. The van der Waals surface area contributed by atoms with E-state index in [9.17, 15) is 0 Å². The summed E-state index contributed by atoms with van der Waals surface area (Å²) in [4.78, 5) is 11.7. The van der Waals surface area contributed by atoms with E-state index in [1.165, 1.54) is 16.5 Å². The van der Waals surface area contributed by atoms with Crippen LogP contribution >= 0.6 is 0 Å². The molecule has 0 atom stereocenters. The van der Waals surface area contributed by atoms with Gasteiger partial charge in [-0.3, -0.25) is 0 Å². The predicted octanol–water partition coefficient (Wildman–Crippen LogP) is 8.95. The maximum atomic E-state index is 4.76. The molecule has 0 N–H and O–H groups in total. The van der Waals surface area contributed by atoms with Crippen molar-refractivity contribution in [2.45, 2.75) is 19.3 Å². The van der Waals surface area contributed by atoms with Gasteiger partial charge in [0.15, 0.2) is 0 Å². The van der Waals surface area contributed by atoms with Gasteiger partial charge in [-0.05, 0) is 58.8 Å². The number of pyridine rings is 2. The van der Waals surface area contributed by atoms with Crippen molar-refractivity contribution >= 4 is 39.1 Å². The summed E-state index contributed by atoms with van der Waals surface area (Å²) in [5.74, 6) is 0.874. The molecule has 8 rings (SSSR count). The van der Waals surface area contributed by atoms with Crippen molar-refractivity contribution in [3.63, 3.8) is 0 Å². The molecule has 0 aliphatic carbocycles. The molecule has 0 amide bonds. The van der Waals surface area contributed by atoms with Crippen molar-refractivity contribution in [2.24, 2.45) is 0 Å². The van der Waals surface area contributed by atoms with Crippen molar-refractivity contribution in [1.82, 2.24) is 14.5 Å². The molecule has 1 aliphatic rings. The second kappa shape index (κ2) is 10.1. The Kier molecular flexibility index (Phi) is 6.33. The molecule has 0 saturated carbocycles. The molecular weight excluding hydrogens is 696 g/mol. The molecule has 0 unspecified atom stereocenters. The standard InChI is InChI=1S/C37H26N4.Pt/c1-37(2)30-15-4-6-17-33(30)41(35-18-7-8-21-38-35)34-24-26(19-20-31(34)37)25-11-9-12-27(23-25)40-32-16-5-3-13-28(32)29-14-10-22-39-36(29)40;/h3-22H,1-2H3;/q-2;+2. The molecule has 7 aromatic rings. The summed E-state index contributed by atoms with van der Waals surface area (Å²) >= 11 is 0. The third kappa shape index (κ3) is 3.94. The van der Waals surface area contributed by atoms with Crippen molar-refractivity contribution in [1.29, 1.82) is 0 Å². The van der Waals surface area contributed by atoms with Crippen LogP contribution in [0, 0.1) is 12.1 Å². The van der Waals surface area contributed by atoms with Gasteiger partial charge in [-0.15, -0.1) is 12.1 Å². The molecule has 0 fully saturated rings. The molecule has 0 radical (unpaired) electrons. The van der Waals surface area contributed by atoms with Crippen LogP contribution in [0.2, 0.25) is 0 Å². The summed E-state index contributed by atoms with van der Waals surface area (Å²) in [5, 5.41) is 2.32. The van der Waals surface area contributed by atoms with Crippen LogP contribution in [-0.2, 0) is 26.5 Å². The molecule has 42 heavy (non-hydrogen) atoms. The van der Waals surface area contributed by atoms with Crippen LogP contribution in [-0.4, -0.2) is 14.5 Å². The van der Waals surface area contributed by atoms with Crippen LogP contribution in [0.3, 0.4) is 0 Å². The first-order valence-corrected chi connectivity index (χ1v) is 13.9. The van der Waals surface area contributed by atoms with Gasteiger partial charge in [0, 0.05) is 28.9 Å². The van der Waals surface area contributed by atoms with Crippen LogP contribution in [0.4, 0.5) is 17.2 Å². The Morgan fingerprint density at radius 2 is 1.38 bits per heavy atom. The van der Waals surface area contributed by atoms with Crippen molar-refractivity contribution in [3.8, 4) is 16.8 Å². The van der Waals surface area contributed by atoms with Crippen molar-refractivity contribution in [2.75, 3.05) is 4.90 Å². The topological polar surface area (TPSA) is 34.0 Å². The molecule has 3 aromatic heterocycles. The first-order valence-electron chi connectivity index (χ1n) is 13.9. The van der Waals surface area contributed by atoms with E-state index in [4.69, 9.17) is 9.97 Å². The minimum absolute atomic E-state index is 0. The normalized spacial score (nSPS) is 13.4. The van der Waals surface area contributed by atoms with E-state index in [1.807, 2.05) is 30.6 Å². The van der Waals surface area contributed by atoms with E-state index in [0.717, 1.165) is 50.6 Å². The zero-order valence-electron chi connectivity index (χ0n) is 23.2. The van der Waals surface area contributed by atoms with Gasteiger partial charge in [0.2, 0.25) is 0 Å². The molecule has 4 heterocycles. The number of anilines is 3. The number of rotatable bonds is 3. The van der Waals surface area contributed by atoms with Gasteiger partial charge >= 0.3 is 21.1 Å². The van der Waals surface area contributed by atoms with Gasteiger partial charge in [0.1, 0.15) is 11.5 Å². The Labute approximate surface area is 259 Å². The smallest absolute Gasteiger partial charge is 0.313 e. The fraction of sp³-hybridized carbons (Fsp3) is 0.0811. The van der Waals surface area contributed by atoms with Crippen LogP contribution in [0.1, 0.15) is 25.0 Å². The van der Waals surface area contributed by atoms with Crippen molar-refractivity contribution < 1.29 is 21.1 Å². The molecule has 1 aliphatic heterocycles. The number of nitrogens with zero attached hydrogens (tertiary/aromatic N) is 4. The summed E-state index contributed by atoms with van der Waals surface area (Å²) in [6.07, 6.45) is 3.70. The summed E-state index contributed by atoms with van der Waals surface area (Å²) in [5.41, 5.74) is 9.39. The minimum atomic E-state index is -0.188. The summed E-state index contributed by atoms with van der Waals surface area (Å²) in [6.45, 7) is 4.58. The summed E-state index contributed by atoms with van der Waals surface area (Å²) in [6, 6.07) is 45.5. The Hall–Kier alpha value is -4.53. The number of hydrogen-bond acceptors (Lipinski definition) is 3. The first kappa shape index (κ1) is 26.4.